The van der Waals surface area contributed by atoms with Gasteiger partial charge in [0.25, 0.3) is 0 Å². The molecule has 1 saturated heterocycles. The Kier molecular flexibility index (Phi) is 59.3. The van der Waals surface area contributed by atoms with Crippen LogP contribution in [-0.2, 0) is 23.8 Å². The summed E-state index contributed by atoms with van der Waals surface area (Å²) in [5.74, 6) is -1.21. The molecule has 1 rings (SSSR count). The summed E-state index contributed by atoms with van der Waals surface area (Å²) in [6.45, 7) is 5.69. The first-order chi connectivity index (χ1) is 42.7. The van der Waals surface area contributed by atoms with E-state index in [-0.39, 0.29) is 19.4 Å². The van der Waals surface area contributed by atoms with Crippen molar-refractivity contribution in [2.75, 3.05) is 13.2 Å². The molecule has 0 spiro atoms. The number of hydrogen-bond acceptors (Lipinski definition) is 10. The van der Waals surface area contributed by atoms with Crippen molar-refractivity contribution >= 4 is 11.9 Å². The highest BCUT2D eigenvalue weighted by molar-refractivity contribution is 5.80. The van der Waals surface area contributed by atoms with E-state index in [1.165, 1.54) is 173 Å². The number of esters is 1. The summed E-state index contributed by atoms with van der Waals surface area (Å²) in [6, 6.07) is -1.03. The van der Waals surface area contributed by atoms with Crippen LogP contribution in [0.1, 0.15) is 323 Å². The zero-order chi connectivity index (χ0) is 63.1. The first-order valence-electron chi connectivity index (χ1n) is 36.4. The van der Waals surface area contributed by atoms with Gasteiger partial charge in [-0.1, -0.05) is 305 Å². The van der Waals surface area contributed by atoms with E-state index in [0.717, 1.165) is 103 Å². The molecule has 0 saturated carbocycles. The lowest BCUT2D eigenvalue weighted by atomic mass is 9.99. The Morgan fingerprint density at radius 3 is 1.25 bits per heavy atom. The van der Waals surface area contributed by atoms with Gasteiger partial charge in [0.2, 0.25) is 5.91 Å². The van der Waals surface area contributed by atoms with Crippen LogP contribution >= 0.6 is 0 Å². The predicted octanol–water partition coefficient (Wildman–Crippen LogP) is 18.8. The van der Waals surface area contributed by atoms with Crippen LogP contribution in [0.25, 0.3) is 0 Å². The molecule has 11 heteroatoms. The molecule has 0 aromatic heterocycles. The summed E-state index contributed by atoms with van der Waals surface area (Å²) in [5, 5.41) is 57.2. The normalized spacial score (nSPS) is 18.7. The van der Waals surface area contributed by atoms with Crippen molar-refractivity contribution in [2.45, 2.75) is 372 Å². The third kappa shape index (κ3) is 50.2. The summed E-state index contributed by atoms with van der Waals surface area (Å²) < 4.78 is 17.7. The van der Waals surface area contributed by atoms with Crippen LogP contribution < -0.4 is 5.32 Å². The molecule has 0 bridgehead atoms. The van der Waals surface area contributed by atoms with E-state index in [4.69, 9.17) is 14.2 Å². The van der Waals surface area contributed by atoms with Gasteiger partial charge in [-0.3, -0.25) is 9.59 Å². The van der Waals surface area contributed by atoms with Crippen molar-refractivity contribution < 1.29 is 49.3 Å². The largest absolute Gasteiger partial charge is 0.454 e. The van der Waals surface area contributed by atoms with Gasteiger partial charge in [0, 0.05) is 6.42 Å². The minimum Gasteiger partial charge on any atom is -0.454 e. The molecule has 87 heavy (non-hydrogen) atoms. The fourth-order valence-corrected chi connectivity index (χ4v) is 11.1. The standard InChI is InChI=1S/C76H135NO10/c1-4-7-10-13-16-19-22-24-26-28-30-32-33-34-35-36-38-39-41-43-45-48-51-54-57-60-63-69(80)75(84)77-67(68(79)62-59-56-53-50-47-21-18-15-12-9-6-3)66-85-76-74(73(83)72(82)70(65-78)86-76)87-71(81)64-61-58-55-52-49-46-44-42-40-37-31-29-27-25-23-20-17-14-11-8-5-2/h8,11,17,20,24-27,31,37,42,44,59,62,67-70,72-74,76,78-80,82-83H,4-7,9-10,12-16,18-19,21-23,28-30,32-36,38-41,43,45-58,60-61,63-66H2,1-3H3,(H,77,84)/b11-8-,20-17-,26-24+,27-25-,37-31-,44-42-,62-59+. The Hall–Kier alpha value is -3.16. The van der Waals surface area contributed by atoms with Crippen LogP contribution in [0.3, 0.4) is 0 Å². The summed E-state index contributed by atoms with van der Waals surface area (Å²) in [5.41, 5.74) is 0. The molecular formula is C76H135NO10. The predicted molar refractivity (Wildman–Crippen MR) is 366 cm³/mol. The molecule has 0 aliphatic carbocycles. The SMILES string of the molecule is CC/C=C\C/C=C\C/C=C\C/C=C\C/C=C\CCCCCCCC(=O)OC1C(OCC(NC(=O)C(O)CCCCCCCCCCCCCCCCCC/C=C/CCCCCCCC)C(O)/C=C/CCCCCCCCCCC)OC(CO)C(O)C1O. The highest BCUT2D eigenvalue weighted by Gasteiger charge is 2.47. The Bertz CT molecular complexity index is 1740. The molecular weight excluding hydrogens is 1090 g/mol. The summed E-state index contributed by atoms with van der Waals surface area (Å²) in [6.07, 6.45) is 73.5. The Morgan fingerprint density at radius 1 is 0.460 bits per heavy atom. The maximum Gasteiger partial charge on any atom is 0.306 e. The van der Waals surface area contributed by atoms with Gasteiger partial charge in [0.05, 0.1) is 25.4 Å². The summed E-state index contributed by atoms with van der Waals surface area (Å²) in [4.78, 5) is 26.7. The molecule has 0 radical (unpaired) electrons. The van der Waals surface area contributed by atoms with E-state index in [9.17, 15) is 35.1 Å². The molecule has 1 aliphatic rings. The lowest BCUT2D eigenvalue weighted by molar-refractivity contribution is -0.305. The molecule has 1 aliphatic heterocycles. The first kappa shape index (κ1) is 81.9. The van der Waals surface area contributed by atoms with Crippen molar-refractivity contribution in [1.82, 2.24) is 5.32 Å². The molecule has 1 heterocycles. The van der Waals surface area contributed by atoms with Crippen molar-refractivity contribution in [3.05, 3.63) is 85.1 Å². The fraction of sp³-hybridized carbons (Fsp3) is 0.789. The maximum absolute atomic E-state index is 13.5. The van der Waals surface area contributed by atoms with Crippen molar-refractivity contribution in [1.29, 1.82) is 0 Å². The first-order valence-corrected chi connectivity index (χ1v) is 36.4. The Labute approximate surface area is 533 Å². The van der Waals surface area contributed by atoms with Gasteiger partial charge in [-0.05, 0) is 96.3 Å². The number of hydrogen-bond donors (Lipinski definition) is 6. The third-order valence-electron chi connectivity index (χ3n) is 16.8. The number of aliphatic hydroxyl groups excluding tert-OH is 5. The van der Waals surface area contributed by atoms with Crippen LogP contribution in [0.15, 0.2) is 85.1 Å². The average Bonchev–Trinajstić information content (AvgIpc) is 3.60. The monoisotopic (exact) mass is 1220 g/mol. The van der Waals surface area contributed by atoms with E-state index in [2.05, 4.69) is 99.0 Å². The zero-order valence-corrected chi connectivity index (χ0v) is 56.1. The summed E-state index contributed by atoms with van der Waals surface area (Å²) in [7, 11) is 0. The van der Waals surface area contributed by atoms with Crippen LogP contribution in [0.4, 0.5) is 0 Å². The number of unbranched alkanes of at least 4 members (excludes halogenated alkanes) is 36. The van der Waals surface area contributed by atoms with Crippen molar-refractivity contribution in [3.63, 3.8) is 0 Å². The maximum atomic E-state index is 13.5. The topological polar surface area (TPSA) is 175 Å². The smallest absolute Gasteiger partial charge is 0.306 e. The highest BCUT2D eigenvalue weighted by atomic mass is 16.7. The number of rotatable bonds is 62. The van der Waals surface area contributed by atoms with Crippen LogP contribution in [0.2, 0.25) is 0 Å². The Morgan fingerprint density at radius 2 is 0.828 bits per heavy atom. The number of allylic oxidation sites excluding steroid dienone is 13. The molecule has 6 N–H and O–H groups in total. The number of nitrogens with one attached hydrogen (secondary N) is 1. The van der Waals surface area contributed by atoms with Gasteiger partial charge in [-0.15, -0.1) is 0 Å². The Balaban J connectivity index is 2.54. The van der Waals surface area contributed by atoms with Crippen LogP contribution in [0.5, 0.6) is 0 Å². The number of ether oxygens (including phenoxy) is 3. The van der Waals surface area contributed by atoms with Gasteiger partial charge in [-0.25, -0.2) is 0 Å². The molecule has 0 aromatic carbocycles. The molecule has 0 aromatic rings. The van der Waals surface area contributed by atoms with Crippen molar-refractivity contribution in [3.8, 4) is 0 Å². The number of carbonyl (C=O) groups is 2. The van der Waals surface area contributed by atoms with Gasteiger partial charge < -0.3 is 45.1 Å². The molecule has 1 amide bonds. The van der Waals surface area contributed by atoms with Gasteiger partial charge in [-0.2, -0.15) is 0 Å². The van der Waals surface area contributed by atoms with Gasteiger partial charge >= 0.3 is 5.97 Å². The van der Waals surface area contributed by atoms with E-state index >= 15 is 0 Å². The second kappa shape index (κ2) is 63.0. The molecule has 504 valence electrons. The van der Waals surface area contributed by atoms with Crippen LogP contribution in [0, 0.1) is 0 Å². The number of amides is 1. The zero-order valence-electron chi connectivity index (χ0n) is 56.1. The van der Waals surface area contributed by atoms with Gasteiger partial charge in [0.1, 0.15) is 24.4 Å². The lowest BCUT2D eigenvalue weighted by Crippen LogP contribution is -2.61. The van der Waals surface area contributed by atoms with Gasteiger partial charge in [0.15, 0.2) is 12.4 Å². The fourth-order valence-electron chi connectivity index (χ4n) is 11.1. The second-order valence-corrected chi connectivity index (χ2v) is 24.9. The molecule has 8 atom stereocenters. The molecule has 1 fully saturated rings. The van der Waals surface area contributed by atoms with Crippen molar-refractivity contribution in [2.24, 2.45) is 0 Å². The highest BCUT2D eigenvalue weighted by Crippen LogP contribution is 2.26. The van der Waals surface area contributed by atoms with E-state index < -0.39 is 67.4 Å². The lowest BCUT2D eigenvalue weighted by Gasteiger charge is -2.41. The number of aliphatic hydroxyl groups is 5. The quantitative estimate of drug-likeness (QED) is 0.0195. The molecule has 8 unspecified atom stereocenters. The van der Waals surface area contributed by atoms with E-state index in [1.807, 2.05) is 6.08 Å². The van der Waals surface area contributed by atoms with E-state index in [1.54, 1.807) is 6.08 Å². The number of carbonyl (C=O) groups excluding carboxylic acids is 2. The average molecular weight is 1220 g/mol. The summed E-state index contributed by atoms with van der Waals surface area (Å²) >= 11 is 0. The van der Waals surface area contributed by atoms with E-state index in [0.29, 0.717) is 12.8 Å². The minimum atomic E-state index is -1.63. The minimum absolute atomic E-state index is 0.0991. The second-order valence-electron chi connectivity index (χ2n) is 24.9. The third-order valence-corrected chi connectivity index (χ3v) is 16.8. The molecule has 11 nitrogen and oxygen atoms in total. The van der Waals surface area contributed by atoms with Crippen LogP contribution in [-0.4, -0.2) is 99.6 Å².